The largest absolute Gasteiger partial charge is 0.293 e. The van der Waals surface area contributed by atoms with Gasteiger partial charge in [0.15, 0.2) is 0 Å². The Balaban J connectivity index is 2.33. The van der Waals surface area contributed by atoms with Gasteiger partial charge in [0.25, 0.3) is 0 Å². The van der Waals surface area contributed by atoms with E-state index >= 15 is 0 Å². The number of para-hydroxylation sites is 2. The van der Waals surface area contributed by atoms with Crippen LogP contribution in [0.4, 0.5) is 4.39 Å². The van der Waals surface area contributed by atoms with Gasteiger partial charge in [-0.05, 0) is 30.3 Å². The highest BCUT2D eigenvalue weighted by Crippen LogP contribution is 2.26. The van der Waals surface area contributed by atoms with Crippen molar-refractivity contribution >= 4 is 38.6 Å². The van der Waals surface area contributed by atoms with Crippen LogP contribution in [0.25, 0.3) is 16.7 Å². The minimum absolute atomic E-state index is 0.285. The summed E-state index contributed by atoms with van der Waals surface area (Å²) < 4.78 is 16.8. The van der Waals surface area contributed by atoms with Gasteiger partial charge in [0, 0.05) is 16.8 Å². The van der Waals surface area contributed by atoms with Gasteiger partial charge < -0.3 is 0 Å². The van der Waals surface area contributed by atoms with Crippen LogP contribution in [0.15, 0.2) is 46.9 Å². The van der Waals surface area contributed by atoms with Gasteiger partial charge in [0.1, 0.15) is 11.6 Å². The third-order valence-corrected chi connectivity index (χ3v) is 3.78. The van der Waals surface area contributed by atoms with E-state index in [0.29, 0.717) is 18.0 Å². The molecule has 0 amide bonds. The van der Waals surface area contributed by atoms with Crippen molar-refractivity contribution in [1.29, 1.82) is 0 Å². The molecule has 0 aliphatic rings. The maximum atomic E-state index is 14.2. The first-order valence-corrected chi connectivity index (χ1v) is 7.51. The highest BCUT2D eigenvalue weighted by atomic mass is 79.9. The van der Waals surface area contributed by atoms with Crippen LogP contribution in [0.2, 0.25) is 0 Å². The van der Waals surface area contributed by atoms with Crippen molar-refractivity contribution in [3.05, 3.63) is 58.6 Å². The van der Waals surface area contributed by atoms with Crippen LogP contribution in [0.1, 0.15) is 5.82 Å². The molecule has 0 atom stereocenters. The zero-order valence-corrected chi connectivity index (χ0v) is 12.8. The van der Waals surface area contributed by atoms with Crippen LogP contribution in [-0.2, 0) is 6.42 Å². The maximum absolute atomic E-state index is 14.2. The first kappa shape index (κ1) is 13.6. The first-order chi connectivity index (χ1) is 9.70. The number of aryl methyl sites for hydroxylation is 1. The van der Waals surface area contributed by atoms with E-state index in [9.17, 15) is 4.39 Å². The summed E-state index contributed by atoms with van der Waals surface area (Å²) in [5, 5.41) is 0. The highest BCUT2D eigenvalue weighted by molar-refractivity contribution is 9.10. The van der Waals surface area contributed by atoms with E-state index in [0.717, 1.165) is 21.3 Å². The van der Waals surface area contributed by atoms with Crippen LogP contribution in [0.5, 0.6) is 0 Å². The molecule has 0 bridgehead atoms. The molecule has 0 fully saturated rings. The molecule has 0 N–H and O–H groups in total. The van der Waals surface area contributed by atoms with E-state index in [1.165, 1.54) is 6.07 Å². The number of nitrogens with zero attached hydrogens (tertiary/aromatic N) is 2. The molecule has 1 aromatic heterocycles. The normalized spacial score (nSPS) is 11.2. The van der Waals surface area contributed by atoms with Crippen LogP contribution < -0.4 is 0 Å². The second-order valence-electron chi connectivity index (χ2n) is 4.39. The fourth-order valence-electron chi connectivity index (χ4n) is 2.25. The van der Waals surface area contributed by atoms with E-state index < -0.39 is 0 Å². The van der Waals surface area contributed by atoms with Gasteiger partial charge in [-0.15, -0.1) is 11.6 Å². The van der Waals surface area contributed by atoms with Gasteiger partial charge in [-0.25, -0.2) is 9.37 Å². The van der Waals surface area contributed by atoms with Crippen LogP contribution >= 0.6 is 27.5 Å². The molecule has 2 nitrogen and oxygen atoms in total. The number of halogens is 3. The van der Waals surface area contributed by atoms with Crippen molar-refractivity contribution < 1.29 is 4.39 Å². The number of fused-ring (bicyclic) bond motifs is 1. The quantitative estimate of drug-likeness (QED) is 0.624. The molecule has 5 heteroatoms. The molecule has 0 unspecified atom stereocenters. The summed E-state index contributed by atoms with van der Waals surface area (Å²) >= 11 is 9.22. The van der Waals surface area contributed by atoms with Crippen molar-refractivity contribution in [2.45, 2.75) is 6.42 Å². The monoisotopic (exact) mass is 352 g/mol. The van der Waals surface area contributed by atoms with Crippen molar-refractivity contribution in [2.24, 2.45) is 0 Å². The molecule has 0 aliphatic carbocycles. The van der Waals surface area contributed by atoms with E-state index in [-0.39, 0.29) is 5.82 Å². The summed E-state index contributed by atoms with van der Waals surface area (Å²) in [6, 6.07) is 12.6. The summed E-state index contributed by atoms with van der Waals surface area (Å²) in [7, 11) is 0. The highest BCUT2D eigenvalue weighted by Gasteiger charge is 2.15. The van der Waals surface area contributed by atoms with Crippen LogP contribution in [0.3, 0.4) is 0 Å². The number of rotatable bonds is 3. The molecule has 0 saturated carbocycles. The molecule has 102 valence electrons. The van der Waals surface area contributed by atoms with E-state index in [4.69, 9.17) is 11.6 Å². The maximum Gasteiger partial charge on any atom is 0.147 e. The summed E-state index contributed by atoms with van der Waals surface area (Å²) in [6.07, 6.45) is 0.586. The Labute approximate surface area is 129 Å². The summed E-state index contributed by atoms with van der Waals surface area (Å²) in [6.45, 7) is 0. The van der Waals surface area contributed by atoms with Gasteiger partial charge in [-0.1, -0.05) is 28.1 Å². The minimum atomic E-state index is -0.285. The Morgan fingerprint density at radius 2 is 2.00 bits per heavy atom. The second kappa shape index (κ2) is 5.54. The van der Waals surface area contributed by atoms with E-state index in [2.05, 4.69) is 20.9 Å². The Kier molecular flexibility index (Phi) is 3.76. The van der Waals surface area contributed by atoms with Gasteiger partial charge in [0.2, 0.25) is 0 Å². The molecule has 0 aliphatic heterocycles. The zero-order chi connectivity index (χ0) is 14.1. The summed E-state index contributed by atoms with van der Waals surface area (Å²) in [5.74, 6) is 0.921. The molecule has 2 aromatic carbocycles. The molecule has 0 radical (unpaired) electrons. The number of benzene rings is 2. The lowest BCUT2D eigenvalue weighted by Gasteiger charge is -2.10. The number of hydrogen-bond donors (Lipinski definition) is 0. The average Bonchev–Trinajstić information content (AvgIpc) is 2.80. The minimum Gasteiger partial charge on any atom is -0.293 e. The molecule has 1 heterocycles. The Bertz CT molecular complexity index is 770. The third-order valence-electron chi connectivity index (χ3n) is 3.10. The average molecular weight is 354 g/mol. The van der Waals surface area contributed by atoms with Crippen LogP contribution in [-0.4, -0.2) is 15.4 Å². The van der Waals surface area contributed by atoms with E-state index in [1.807, 2.05) is 28.8 Å². The smallest absolute Gasteiger partial charge is 0.147 e. The first-order valence-electron chi connectivity index (χ1n) is 6.18. The molecule has 20 heavy (non-hydrogen) atoms. The second-order valence-corrected chi connectivity index (χ2v) is 5.68. The lowest BCUT2D eigenvalue weighted by molar-refractivity contribution is 0.616. The summed E-state index contributed by atoms with van der Waals surface area (Å²) in [4.78, 5) is 4.55. The van der Waals surface area contributed by atoms with Crippen molar-refractivity contribution in [1.82, 2.24) is 9.55 Å². The number of aromatic nitrogens is 2. The van der Waals surface area contributed by atoms with Crippen LogP contribution in [0, 0.1) is 5.82 Å². The topological polar surface area (TPSA) is 17.8 Å². The number of imidazole rings is 1. The van der Waals surface area contributed by atoms with Gasteiger partial charge in [0.05, 0.1) is 16.7 Å². The van der Waals surface area contributed by atoms with Crippen molar-refractivity contribution in [2.75, 3.05) is 5.88 Å². The van der Waals surface area contributed by atoms with Gasteiger partial charge in [-0.3, -0.25) is 4.57 Å². The Morgan fingerprint density at radius 1 is 1.20 bits per heavy atom. The SMILES string of the molecule is Fc1ccc(Br)cc1-n1c(CCCl)nc2ccccc21. The Morgan fingerprint density at radius 3 is 2.80 bits per heavy atom. The van der Waals surface area contributed by atoms with Gasteiger partial charge in [-0.2, -0.15) is 0 Å². The lowest BCUT2D eigenvalue weighted by atomic mass is 10.2. The molecule has 3 rings (SSSR count). The van der Waals surface area contributed by atoms with Crippen molar-refractivity contribution in [3.8, 4) is 5.69 Å². The Hall–Kier alpha value is -1.39. The fourth-order valence-corrected chi connectivity index (χ4v) is 2.77. The van der Waals surface area contributed by atoms with E-state index in [1.54, 1.807) is 12.1 Å². The zero-order valence-electron chi connectivity index (χ0n) is 10.5. The lowest BCUT2D eigenvalue weighted by Crippen LogP contribution is -2.04. The molecule has 3 aromatic rings. The molecule has 0 saturated heterocycles. The van der Waals surface area contributed by atoms with Crippen molar-refractivity contribution in [3.63, 3.8) is 0 Å². The standard InChI is InChI=1S/C15H11BrClFN2/c16-10-5-6-11(18)14(9-10)20-13-4-2-1-3-12(13)19-15(20)7-8-17/h1-6,9H,7-8H2. The predicted octanol–water partition coefficient (Wildman–Crippen LogP) is 4.71. The third kappa shape index (κ3) is 2.34. The molecular formula is C15H11BrClFN2. The number of hydrogen-bond acceptors (Lipinski definition) is 1. The molecular weight excluding hydrogens is 343 g/mol. The van der Waals surface area contributed by atoms with Gasteiger partial charge >= 0.3 is 0 Å². The predicted molar refractivity (Wildman–Crippen MR) is 83.2 cm³/mol. The fraction of sp³-hybridized carbons (Fsp3) is 0.133. The number of alkyl halides is 1. The molecule has 0 spiro atoms. The summed E-state index contributed by atoms with van der Waals surface area (Å²) in [5.41, 5.74) is 2.20.